The van der Waals surface area contributed by atoms with Crippen LogP contribution in [0, 0.1) is 10.1 Å². The van der Waals surface area contributed by atoms with Crippen LogP contribution < -0.4 is 5.32 Å². The average molecular weight is 314 g/mol. The van der Waals surface area contributed by atoms with Gasteiger partial charge in [0.05, 0.1) is 16.4 Å². The third kappa shape index (κ3) is 3.69. The number of rotatable bonds is 4. The number of hydrogen-bond acceptors (Lipinski definition) is 6. The Morgan fingerprint density at radius 2 is 2.14 bits per heavy atom. The van der Waals surface area contributed by atoms with Crippen molar-refractivity contribution in [3.05, 3.63) is 33.9 Å². The van der Waals surface area contributed by atoms with Gasteiger partial charge in [-0.05, 0) is 25.0 Å². The third-order valence-electron chi connectivity index (χ3n) is 3.26. The standard InChI is InChI=1S/C12H14N2O6S/c15-12(16)10-4-3-8(6-11(10)14(17)18)13-9-2-1-5-21(19,20)7-9/h3-4,6,9,13H,1-2,5,7H2,(H,15,16). The van der Waals surface area contributed by atoms with Crippen LogP contribution in [0.1, 0.15) is 23.2 Å². The molecular weight excluding hydrogens is 300 g/mol. The molecule has 1 atom stereocenters. The quantitative estimate of drug-likeness (QED) is 0.633. The van der Waals surface area contributed by atoms with Gasteiger partial charge in [-0.2, -0.15) is 0 Å². The number of nitro benzene ring substituents is 1. The lowest BCUT2D eigenvalue weighted by atomic mass is 10.1. The highest BCUT2D eigenvalue weighted by atomic mass is 32.2. The van der Waals surface area contributed by atoms with Crippen molar-refractivity contribution in [2.75, 3.05) is 16.8 Å². The molecule has 0 saturated carbocycles. The molecule has 9 heteroatoms. The maximum absolute atomic E-state index is 11.5. The van der Waals surface area contributed by atoms with Crippen molar-refractivity contribution in [2.24, 2.45) is 0 Å². The zero-order valence-electron chi connectivity index (χ0n) is 11.0. The Hall–Kier alpha value is -2.16. The summed E-state index contributed by atoms with van der Waals surface area (Å²) in [6.45, 7) is 0. The molecule has 1 saturated heterocycles. The first-order valence-electron chi connectivity index (χ1n) is 6.27. The second-order valence-electron chi connectivity index (χ2n) is 4.89. The molecular formula is C12H14N2O6S. The summed E-state index contributed by atoms with van der Waals surface area (Å²) in [5.41, 5.74) is -0.582. The van der Waals surface area contributed by atoms with Gasteiger partial charge in [-0.25, -0.2) is 13.2 Å². The molecule has 0 amide bonds. The van der Waals surface area contributed by atoms with Gasteiger partial charge in [0.15, 0.2) is 9.84 Å². The van der Waals surface area contributed by atoms with E-state index in [0.717, 1.165) is 12.1 Å². The summed E-state index contributed by atoms with van der Waals surface area (Å²) in [7, 11) is -3.09. The normalized spacial score (nSPS) is 20.7. The van der Waals surface area contributed by atoms with E-state index in [4.69, 9.17) is 5.11 Å². The Labute approximate surface area is 120 Å². The lowest BCUT2D eigenvalue weighted by Crippen LogP contribution is -2.34. The van der Waals surface area contributed by atoms with Crippen LogP contribution >= 0.6 is 0 Å². The van der Waals surface area contributed by atoms with E-state index in [1.807, 2.05) is 0 Å². The number of carbonyl (C=O) groups is 1. The first-order valence-corrected chi connectivity index (χ1v) is 8.09. The highest BCUT2D eigenvalue weighted by Gasteiger charge is 2.26. The van der Waals surface area contributed by atoms with Crippen LogP contribution in [0.15, 0.2) is 18.2 Å². The molecule has 0 aromatic heterocycles. The van der Waals surface area contributed by atoms with Gasteiger partial charge in [-0.1, -0.05) is 0 Å². The van der Waals surface area contributed by atoms with E-state index in [-0.39, 0.29) is 17.5 Å². The smallest absolute Gasteiger partial charge is 0.342 e. The van der Waals surface area contributed by atoms with Crippen molar-refractivity contribution < 1.29 is 23.2 Å². The molecule has 1 heterocycles. The van der Waals surface area contributed by atoms with Crippen LogP contribution in [0.25, 0.3) is 0 Å². The van der Waals surface area contributed by atoms with Crippen molar-refractivity contribution in [1.82, 2.24) is 0 Å². The maximum Gasteiger partial charge on any atom is 0.342 e. The highest BCUT2D eigenvalue weighted by molar-refractivity contribution is 7.91. The third-order valence-corrected chi connectivity index (χ3v) is 5.08. The maximum atomic E-state index is 11.5. The molecule has 0 bridgehead atoms. The molecule has 1 fully saturated rings. The number of nitrogens with zero attached hydrogens (tertiary/aromatic N) is 1. The minimum absolute atomic E-state index is 0.0263. The van der Waals surface area contributed by atoms with Crippen molar-refractivity contribution in [1.29, 1.82) is 0 Å². The zero-order chi connectivity index (χ0) is 15.6. The van der Waals surface area contributed by atoms with Crippen LogP contribution in [0.5, 0.6) is 0 Å². The molecule has 1 aliphatic rings. The first kappa shape index (κ1) is 15.2. The molecule has 0 radical (unpaired) electrons. The summed E-state index contributed by atoms with van der Waals surface area (Å²) in [4.78, 5) is 21.0. The summed E-state index contributed by atoms with van der Waals surface area (Å²) in [5.74, 6) is -1.25. The van der Waals surface area contributed by atoms with Crippen LogP contribution in [-0.4, -0.2) is 42.0 Å². The van der Waals surface area contributed by atoms with E-state index in [1.165, 1.54) is 6.07 Å². The number of benzene rings is 1. The molecule has 114 valence electrons. The van der Waals surface area contributed by atoms with Crippen molar-refractivity contribution in [2.45, 2.75) is 18.9 Å². The number of hydrogen-bond donors (Lipinski definition) is 2. The molecule has 0 aliphatic carbocycles. The highest BCUT2D eigenvalue weighted by Crippen LogP contribution is 2.25. The predicted molar refractivity (Wildman–Crippen MR) is 75.4 cm³/mol. The van der Waals surface area contributed by atoms with E-state index >= 15 is 0 Å². The summed E-state index contributed by atoms with van der Waals surface area (Å²) >= 11 is 0. The fourth-order valence-corrected chi connectivity index (χ4v) is 3.96. The zero-order valence-corrected chi connectivity index (χ0v) is 11.8. The summed E-state index contributed by atoms with van der Waals surface area (Å²) < 4.78 is 23.1. The SMILES string of the molecule is O=C(O)c1ccc(NC2CCCS(=O)(=O)C2)cc1[N+](=O)[O-]. The molecule has 2 rings (SSSR count). The molecule has 1 unspecified atom stereocenters. The first-order chi connectivity index (χ1) is 9.78. The Kier molecular flexibility index (Phi) is 4.12. The van der Waals surface area contributed by atoms with Gasteiger partial charge >= 0.3 is 5.97 Å². The minimum atomic E-state index is -3.09. The lowest BCUT2D eigenvalue weighted by molar-refractivity contribution is -0.385. The van der Waals surface area contributed by atoms with Gasteiger partial charge in [0.2, 0.25) is 0 Å². The number of carboxylic acids is 1. The molecule has 21 heavy (non-hydrogen) atoms. The molecule has 0 spiro atoms. The lowest BCUT2D eigenvalue weighted by Gasteiger charge is -2.24. The number of sulfone groups is 1. The Balaban J connectivity index is 2.23. The van der Waals surface area contributed by atoms with Crippen LogP contribution in [0.2, 0.25) is 0 Å². The van der Waals surface area contributed by atoms with Gasteiger partial charge in [-0.15, -0.1) is 0 Å². The fourth-order valence-electron chi connectivity index (χ4n) is 2.33. The van der Waals surface area contributed by atoms with Gasteiger partial charge in [0.25, 0.3) is 5.69 Å². The van der Waals surface area contributed by atoms with Gasteiger partial charge in [0.1, 0.15) is 5.56 Å². The summed E-state index contributed by atoms with van der Waals surface area (Å²) in [6, 6.07) is 3.33. The Bertz CT molecular complexity index is 685. The van der Waals surface area contributed by atoms with Gasteiger partial charge < -0.3 is 10.4 Å². The molecule has 1 aromatic rings. The van der Waals surface area contributed by atoms with Crippen LogP contribution in [0.4, 0.5) is 11.4 Å². The number of nitrogens with one attached hydrogen (secondary N) is 1. The van der Waals surface area contributed by atoms with Crippen molar-refractivity contribution in [3.63, 3.8) is 0 Å². The number of nitro groups is 1. The van der Waals surface area contributed by atoms with Crippen LogP contribution in [0.3, 0.4) is 0 Å². The Morgan fingerprint density at radius 3 is 2.71 bits per heavy atom. The van der Waals surface area contributed by atoms with E-state index in [1.54, 1.807) is 0 Å². The predicted octanol–water partition coefficient (Wildman–Crippen LogP) is 1.28. The summed E-state index contributed by atoms with van der Waals surface area (Å²) in [6.07, 6.45) is 1.18. The summed E-state index contributed by atoms with van der Waals surface area (Å²) in [5, 5.41) is 22.7. The number of aromatic carboxylic acids is 1. The monoisotopic (exact) mass is 314 g/mol. The molecule has 1 aromatic carbocycles. The Morgan fingerprint density at radius 1 is 1.43 bits per heavy atom. The number of anilines is 1. The molecule has 2 N–H and O–H groups in total. The van der Waals surface area contributed by atoms with Gasteiger partial charge in [-0.3, -0.25) is 10.1 Å². The minimum Gasteiger partial charge on any atom is -0.477 e. The second kappa shape index (κ2) is 5.68. The fraction of sp³-hybridized carbons (Fsp3) is 0.417. The van der Waals surface area contributed by atoms with E-state index < -0.39 is 32.0 Å². The molecule has 1 aliphatic heterocycles. The van der Waals surface area contributed by atoms with Gasteiger partial charge in [0, 0.05) is 17.8 Å². The van der Waals surface area contributed by atoms with E-state index in [0.29, 0.717) is 18.5 Å². The van der Waals surface area contributed by atoms with Crippen molar-refractivity contribution in [3.8, 4) is 0 Å². The number of carboxylic acid groups (broad SMARTS) is 1. The average Bonchev–Trinajstić information content (AvgIpc) is 2.37. The van der Waals surface area contributed by atoms with Crippen molar-refractivity contribution >= 4 is 27.2 Å². The second-order valence-corrected chi connectivity index (χ2v) is 7.12. The molecule has 8 nitrogen and oxygen atoms in total. The largest absolute Gasteiger partial charge is 0.477 e. The topological polar surface area (TPSA) is 127 Å². The van der Waals surface area contributed by atoms with E-state index in [9.17, 15) is 23.3 Å². The van der Waals surface area contributed by atoms with E-state index in [2.05, 4.69) is 5.32 Å². The van der Waals surface area contributed by atoms with Crippen LogP contribution in [-0.2, 0) is 9.84 Å².